The van der Waals surface area contributed by atoms with Crippen molar-refractivity contribution in [1.82, 2.24) is 5.32 Å². The fraction of sp³-hybridized carbons (Fsp3) is 0.448. The van der Waals surface area contributed by atoms with Crippen LogP contribution in [0.15, 0.2) is 36.9 Å². The first-order valence-corrected chi connectivity index (χ1v) is 12.6. The van der Waals surface area contributed by atoms with E-state index in [1.807, 2.05) is 0 Å². The van der Waals surface area contributed by atoms with Gasteiger partial charge in [0.05, 0.1) is 32.3 Å². The molecule has 2 aromatic rings. The Bertz CT molecular complexity index is 1190. The Morgan fingerprint density at radius 3 is 2.47 bits per heavy atom. The molecule has 0 heterocycles. The first-order chi connectivity index (χ1) is 17.9. The lowest BCUT2D eigenvalue weighted by atomic mass is 9.90. The van der Waals surface area contributed by atoms with Gasteiger partial charge in [-0.25, -0.2) is 18.0 Å². The molecule has 9 heteroatoms. The minimum Gasteiger partial charge on any atom is -0.466 e. The Balaban J connectivity index is 2.14. The molecular weight excluding hydrogens is 499 g/mol. The SMILES string of the molecule is C=CCOCc1cc(F)cc(F)c1-c1cc(C2CC2)c(F)c([C@H](CC(=O)OCC)NC(=O)OC(C)(C)C)c1. The molecule has 0 unspecified atom stereocenters. The van der Waals surface area contributed by atoms with Crippen molar-refractivity contribution in [2.75, 3.05) is 13.2 Å². The third kappa shape index (κ3) is 7.84. The van der Waals surface area contributed by atoms with Crippen molar-refractivity contribution in [3.63, 3.8) is 0 Å². The van der Waals surface area contributed by atoms with Crippen LogP contribution in [0.4, 0.5) is 18.0 Å². The Kier molecular flexibility index (Phi) is 9.60. The van der Waals surface area contributed by atoms with Gasteiger partial charge in [-0.2, -0.15) is 0 Å². The number of hydrogen-bond acceptors (Lipinski definition) is 5. The van der Waals surface area contributed by atoms with Crippen LogP contribution in [0, 0.1) is 17.5 Å². The second-order valence-corrected chi connectivity index (χ2v) is 10.2. The van der Waals surface area contributed by atoms with E-state index in [0.29, 0.717) is 5.56 Å². The lowest BCUT2D eigenvalue weighted by Gasteiger charge is -2.25. The van der Waals surface area contributed by atoms with Crippen LogP contribution in [-0.4, -0.2) is 30.9 Å². The number of alkyl carbamates (subject to hydrolysis) is 1. The Labute approximate surface area is 221 Å². The third-order valence-electron chi connectivity index (χ3n) is 5.81. The summed E-state index contributed by atoms with van der Waals surface area (Å²) in [5, 5.41) is 2.57. The molecule has 0 bridgehead atoms. The van der Waals surface area contributed by atoms with Gasteiger partial charge < -0.3 is 19.5 Å². The van der Waals surface area contributed by atoms with Gasteiger partial charge in [-0.15, -0.1) is 6.58 Å². The first kappa shape index (κ1) is 29.2. The molecule has 0 aromatic heterocycles. The molecular formula is C29H34F3NO5. The van der Waals surface area contributed by atoms with Gasteiger partial charge in [-0.05, 0) is 81.3 Å². The van der Waals surface area contributed by atoms with Crippen LogP contribution in [0.2, 0.25) is 0 Å². The van der Waals surface area contributed by atoms with E-state index < -0.39 is 41.2 Å². The predicted molar refractivity (Wildman–Crippen MR) is 137 cm³/mol. The molecule has 1 N–H and O–H groups in total. The molecule has 206 valence electrons. The fourth-order valence-corrected chi connectivity index (χ4v) is 4.15. The topological polar surface area (TPSA) is 73.9 Å². The van der Waals surface area contributed by atoms with E-state index in [0.717, 1.165) is 25.0 Å². The quantitative estimate of drug-likeness (QED) is 0.194. The van der Waals surface area contributed by atoms with Gasteiger partial charge in [0.1, 0.15) is 23.1 Å². The van der Waals surface area contributed by atoms with Gasteiger partial charge in [0.25, 0.3) is 0 Å². The molecule has 1 saturated carbocycles. The minimum atomic E-state index is -1.16. The van der Waals surface area contributed by atoms with Crippen molar-refractivity contribution in [1.29, 1.82) is 0 Å². The molecule has 0 spiro atoms. The zero-order chi connectivity index (χ0) is 28.0. The zero-order valence-corrected chi connectivity index (χ0v) is 22.2. The smallest absolute Gasteiger partial charge is 0.408 e. The van der Waals surface area contributed by atoms with Crippen LogP contribution in [0.25, 0.3) is 11.1 Å². The van der Waals surface area contributed by atoms with Crippen molar-refractivity contribution in [3.05, 3.63) is 71.1 Å². The summed E-state index contributed by atoms with van der Waals surface area (Å²) in [5.41, 5.74) is 0.0220. The normalized spacial score (nSPS) is 14.1. The molecule has 1 aliphatic rings. The van der Waals surface area contributed by atoms with E-state index in [-0.39, 0.29) is 54.4 Å². The first-order valence-electron chi connectivity index (χ1n) is 12.6. The highest BCUT2D eigenvalue weighted by atomic mass is 19.1. The summed E-state index contributed by atoms with van der Waals surface area (Å²) in [5.74, 6) is -2.97. The molecule has 38 heavy (non-hydrogen) atoms. The van der Waals surface area contributed by atoms with E-state index in [1.54, 1.807) is 33.8 Å². The summed E-state index contributed by atoms with van der Waals surface area (Å²) < 4.78 is 61.1. The maximum Gasteiger partial charge on any atom is 0.408 e. The molecule has 0 radical (unpaired) electrons. The van der Waals surface area contributed by atoms with Crippen molar-refractivity contribution >= 4 is 12.1 Å². The van der Waals surface area contributed by atoms with Gasteiger partial charge in [0.2, 0.25) is 0 Å². The Morgan fingerprint density at radius 2 is 1.87 bits per heavy atom. The number of halogens is 3. The molecule has 2 aromatic carbocycles. The molecule has 1 aliphatic carbocycles. The van der Waals surface area contributed by atoms with Crippen LogP contribution >= 0.6 is 0 Å². The molecule has 0 aliphatic heterocycles. The number of amides is 1. The summed E-state index contributed by atoms with van der Waals surface area (Å²) in [7, 11) is 0. The van der Waals surface area contributed by atoms with Crippen molar-refractivity contribution in [3.8, 4) is 11.1 Å². The molecule has 1 amide bonds. The highest BCUT2D eigenvalue weighted by Crippen LogP contribution is 2.45. The minimum absolute atomic E-state index is 0.0232. The van der Waals surface area contributed by atoms with Gasteiger partial charge in [-0.1, -0.05) is 6.08 Å². The van der Waals surface area contributed by atoms with E-state index in [4.69, 9.17) is 14.2 Å². The fourth-order valence-electron chi connectivity index (χ4n) is 4.15. The summed E-state index contributed by atoms with van der Waals surface area (Å²) >= 11 is 0. The number of carbonyl (C=O) groups is 2. The lowest BCUT2D eigenvalue weighted by Crippen LogP contribution is -2.36. The average Bonchev–Trinajstić information content (AvgIpc) is 3.63. The monoisotopic (exact) mass is 533 g/mol. The van der Waals surface area contributed by atoms with E-state index in [2.05, 4.69) is 11.9 Å². The van der Waals surface area contributed by atoms with Crippen LogP contribution in [0.1, 0.15) is 75.6 Å². The van der Waals surface area contributed by atoms with Crippen molar-refractivity contribution in [2.24, 2.45) is 0 Å². The van der Waals surface area contributed by atoms with Gasteiger partial charge in [-0.3, -0.25) is 4.79 Å². The number of ether oxygens (including phenoxy) is 3. The zero-order valence-electron chi connectivity index (χ0n) is 22.2. The van der Waals surface area contributed by atoms with E-state index in [9.17, 15) is 14.0 Å². The summed E-state index contributed by atoms with van der Waals surface area (Å²) in [6.45, 7) is 10.4. The lowest BCUT2D eigenvalue weighted by molar-refractivity contribution is -0.143. The Hall–Kier alpha value is -3.33. The van der Waals surface area contributed by atoms with Crippen molar-refractivity contribution < 1.29 is 37.0 Å². The van der Waals surface area contributed by atoms with Crippen LogP contribution in [-0.2, 0) is 25.6 Å². The highest BCUT2D eigenvalue weighted by Gasteiger charge is 2.33. The number of rotatable bonds is 11. The number of carbonyl (C=O) groups excluding carboxylic acids is 2. The Morgan fingerprint density at radius 1 is 1.16 bits per heavy atom. The van der Waals surface area contributed by atoms with Crippen LogP contribution in [0.3, 0.4) is 0 Å². The second kappa shape index (κ2) is 12.5. The van der Waals surface area contributed by atoms with Gasteiger partial charge >= 0.3 is 12.1 Å². The number of benzene rings is 2. The van der Waals surface area contributed by atoms with Crippen LogP contribution < -0.4 is 5.32 Å². The maximum atomic E-state index is 15.9. The predicted octanol–water partition coefficient (Wildman–Crippen LogP) is 6.87. The average molecular weight is 534 g/mol. The highest BCUT2D eigenvalue weighted by molar-refractivity contribution is 5.75. The summed E-state index contributed by atoms with van der Waals surface area (Å²) in [6, 6.07) is 3.66. The summed E-state index contributed by atoms with van der Waals surface area (Å²) in [6.07, 6.45) is 1.76. The number of esters is 1. The van der Waals surface area contributed by atoms with E-state index in [1.165, 1.54) is 12.1 Å². The van der Waals surface area contributed by atoms with Gasteiger partial charge in [0, 0.05) is 17.2 Å². The summed E-state index contributed by atoms with van der Waals surface area (Å²) in [4.78, 5) is 25.1. The molecule has 1 fully saturated rings. The molecule has 6 nitrogen and oxygen atoms in total. The maximum absolute atomic E-state index is 15.9. The van der Waals surface area contributed by atoms with Crippen molar-refractivity contribution in [2.45, 2.75) is 71.1 Å². The van der Waals surface area contributed by atoms with Crippen LogP contribution in [0.5, 0.6) is 0 Å². The second-order valence-electron chi connectivity index (χ2n) is 10.2. The number of hydrogen-bond donors (Lipinski definition) is 1. The number of nitrogens with one attached hydrogen (secondary N) is 1. The van der Waals surface area contributed by atoms with E-state index >= 15 is 8.78 Å². The standard InChI is InChI=1S/C29H34F3NO5/c1-6-10-36-16-19-11-20(30)14-23(31)26(19)18-12-21(17-8-9-17)27(32)22(13-18)24(15-25(34)37-7-2)33-28(35)38-29(3,4)5/h6,11-14,17,24H,1,7-10,15-16H2,2-5H3,(H,33,35)/t24-/m0/s1. The molecule has 1 atom stereocenters. The third-order valence-corrected chi connectivity index (χ3v) is 5.81. The molecule has 0 saturated heterocycles. The largest absolute Gasteiger partial charge is 0.466 e. The van der Waals surface area contributed by atoms with Gasteiger partial charge in [0.15, 0.2) is 0 Å². The molecule has 3 rings (SSSR count).